The molecule has 20 nitrogen and oxygen atoms in total. The minimum atomic E-state index is -3.86. The Balaban J connectivity index is 0.000000261. The van der Waals surface area contributed by atoms with E-state index in [-0.39, 0.29) is 38.1 Å². The van der Waals surface area contributed by atoms with E-state index in [1.54, 1.807) is 71.5 Å². The van der Waals surface area contributed by atoms with Crippen molar-refractivity contribution in [2.24, 2.45) is 11.5 Å². The van der Waals surface area contributed by atoms with Crippen molar-refractivity contribution in [2.75, 3.05) is 63.2 Å². The first-order chi connectivity index (χ1) is 32.9. The number of rotatable bonds is 22. The van der Waals surface area contributed by atoms with Gasteiger partial charge in [-0.25, -0.2) is 25.4 Å². The number of aromatic nitrogens is 6. The zero-order valence-corrected chi connectivity index (χ0v) is 46.4. The zero-order valence-electron chi connectivity index (χ0n) is 42.8. The molecule has 0 aliphatic carbocycles. The van der Waals surface area contributed by atoms with Crippen LogP contribution in [0.5, 0.6) is 23.0 Å². The second-order valence-corrected chi connectivity index (χ2v) is 34.9. The monoisotopic (exact) mass is 1040 g/mol. The second kappa shape index (κ2) is 22.6. The molecule has 70 heavy (non-hydrogen) atoms. The van der Waals surface area contributed by atoms with Gasteiger partial charge in [0.15, 0.2) is 11.5 Å². The first-order valence-corrected chi connectivity index (χ1v) is 33.2. The van der Waals surface area contributed by atoms with Crippen LogP contribution < -0.4 is 39.0 Å². The van der Waals surface area contributed by atoms with Crippen LogP contribution in [-0.4, -0.2) is 128 Å². The molecule has 0 unspecified atom stereocenters. The summed E-state index contributed by atoms with van der Waals surface area (Å²) < 4.78 is 95.0. The van der Waals surface area contributed by atoms with Crippen molar-refractivity contribution in [1.82, 2.24) is 29.5 Å². The maximum absolute atomic E-state index is 13.7. The molecular weight excluding hydrogens is 973 g/mol. The van der Waals surface area contributed by atoms with E-state index in [9.17, 15) is 16.8 Å². The number of nitrogens with two attached hydrogens (primary N) is 2. The summed E-state index contributed by atoms with van der Waals surface area (Å²) >= 11 is 0. The van der Waals surface area contributed by atoms with Gasteiger partial charge >= 0.3 is 0 Å². The number of aryl methyl sites for hydroxylation is 2. The minimum Gasteiger partial charge on any atom is -0.494 e. The summed E-state index contributed by atoms with van der Waals surface area (Å²) in [6.07, 6.45) is 0. The number of hydrogen-bond acceptors (Lipinski definition) is 16. The molecule has 4 N–H and O–H groups in total. The molecule has 0 bridgehead atoms. The maximum Gasteiger partial charge on any atom is 0.246 e. The topological polar surface area (TPSA) is 251 Å². The zero-order chi connectivity index (χ0) is 51.9. The Morgan fingerprint density at radius 3 is 1.11 bits per heavy atom. The van der Waals surface area contributed by atoms with Crippen molar-refractivity contribution in [3.8, 4) is 57.5 Å². The van der Waals surface area contributed by atoms with E-state index >= 15 is 0 Å². The van der Waals surface area contributed by atoms with Crippen molar-refractivity contribution in [3.63, 3.8) is 0 Å². The van der Waals surface area contributed by atoms with Crippen LogP contribution in [0.25, 0.3) is 34.5 Å². The third-order valence-corrected chi connectivity index (χ3v) is 19.1. The number of nitrogens with zero attached hydrogens (tertiary/aromatic N) is 8. The van der Waals surface area contributed by atoms with Crippen molar-refractivity contribution in [1.29, 1.82) is 0 Å². The molecular formula is C46H70N10O10S2Si2. The van der Waals surface area contributed by atoms with Crippen LogP contribution in [0.1, 0.15) is 25.4 Å². The smallest absolute Gasteiger partial charge is 0.246 e. The van der Waals surface area contributed by atoms with Crippen molar-refractivity contribution in [3.05, 3.63) is 72.2 Å². The number of benzene rings is 2. The molecule has 0 amide bonds. The third-order valence-electron chi connectivity index (χ3n) is 11.3. The summed E-state index contributed by atoms with van der Waals surface area (Å²) in [5.41, 5.74) is 12.5. The van der Waals surface area contributed by atoms with Gasteiger partial charge in [0.25, 0.3) is 0 Å². The molecule has 0 radical (unpaired) electrons. The lowest BCUT2D eigenvalue weighted by Gasteiger charge is -2.29. The Morgan fingerprint density at radius 1 is 0.557 bits per heavy atom. The molecule has 0 aliphatic rings. The number of methoxy groups -OCH3 is 4. The lowest BCUT2D eigenvalue weighted by Crippen LogP contribution is -2.44. The Bertz CT molecular complexity index is 2680. The van der Waals surface area contributed by atoms with Crippen LogP contribution in [-0.2, 0) is 20.0 Å². The van der Waals surface area contributed by atoms with Gasteiger partial charge in [0.1, 0.15) is 45.9 Å². The summed E-state index contributed by atoms with van der Waals surface area (Å²) in [6, 6.07) is 19.2. The van der Waals surface area contributed by atoms with Crippen molar-refractivity contribution < 1.29 is 44.6 Å². The standard InChI is InChI=1S/2C23H35N5O5SSi/c2*1-16-11-12-20(33-16)22-25-26-23(28(22)21-18(31-3)9-8-10-19(21)32-4)27(13-14-35(5,6)7)34(29,30)17(2)15-24/h2*8-12,17H,13-15,24H2,1-7H3/t2*17-/m10/s1. The molecule has 2 atom stereocenters. The number of sulfonamides is 2. The Kier molecular flexibility index (Phi) is 17.8. The van der Waals surface area contributed by atoms with E-state index in [4.69, 9.17) is 39.2 Å². The summed E-state index contributed by atoms with van der Waals surface area (Å²) in [6.45, 7) is 20.4. The summed E-state index contributed by atoms with van der Waals surface area (Å²) in [5, 5.41) is 15.9. The summed E-state index contributed by atoms with van der Waals surface area (Å²) in [4.78, 5) is 0. The van der Waals surface area contributed by atoms with Crippen LogP contribution >= 0.6 is 0 Å². The molecule has 0 aliphatic heterocycles. The molecule has 4 heterocycles. The van der Waals surface area contributed by atoms with Crippen LogP contribution in [0.4, 0.5) is 11.9 Å². The van der Waals surface area contributed by atoms with Gasteiger partial charge in [-0.15, -0.1) is 20.4 Å². The van der Waals surface area contributed by atoms with E-state index in [2.05, 4.69) is 59.7 Å². The average molecular weight is 1040 g/mol. The van der Waals surface area contributed by atoms with Crippen LogP contribution in [0.2, 0.25) is 51.4 Å². The Labute approximate surface area is 414 Å². The van der Waals surface area contributed by atoms with E-state index < -0.39 is 46.7 Å². The molecule has 0 fully saturated rings. The highest BCUT2D eigenvalue weighted by molar-refractivity contribution is 7.93. The van der Waals surface area contributed by atoms with Gasteiger partial charge in [-0.1, -0.05) is 51.4 Å². The number of ether oxygens (including phenoxy) is 4. The highest BCUT2D eigenvalue weighted by atomic mass is 32.2. The third kappa shape index (κ3) is 12.3. The number of hydrogen-bond donors (Lipinski definition) is 2. The molecule has 384 valence electrons. The van der Waals surface area contributed by atoms with Crippen LogP contribution in [0, 0.1) is 13.8 Å². The van der Waals surface area contributed by atoms with Gasteiger partial charge in [-0.2, -0.15) is 0 Å². The quantitative estimate of drug-likeness (QED) is 0.0631. The van der Waals surface area contributed by atoms with Gasteiger partial charge in [-0.05, 0) is 88.3 Å². The van der Waals surface area contributed by atoms with Crippen LogP contribution in [0.15, 0.2) is 69.5 Å². The highest BCUT2D eigenvalue weighted by Gasteiger charge is 2.38. The number of para-hydroxylation sites is 2. The summed E-state index contributed by atoms with van der Waals surface area (Å²) in [5.74, 6) is 4.97. The second-order valence-electron chi connectivity index (χ2n) is 19.1. The molecule has 2 aromatic carbocycles. The average Bonchev–Trinajstić information content (AvgIpc) is 4.14. The van der Waals surface area contributed by atoms with E-state index in [0.29, 0.717) is 81.2 Å². The molecule has 0 saturated carbocycles. The molecule has 0 spiro atoms. The fourth-order valence-corrected chi connectivity index (χ4v) is 11.9. The minimum absolute atomic E-state index is 0.0257. The Morgan fingerprint density at radius 2 is 0.871 bits per heavy atom. The maximum atomic E-state index is 13.7. The number of furan rings is 2. The molecule has 6 aromatic rings. The predicted molar refractivity (Wildman–Crippen MR) is 280 cm³/mol. The normalized spacial score (nSPS) is 13.0. The highest BCUT2D eigenvalue weighted by Crippen LogP contribution is 2.41. The Hall–Kier alpha value is -5.67. The van der Waals surface area contributed by atoms with Gasteiger partial charge in [0, 0.05) is 42.3 Å². The van der Waals surface area contributed by atoms with Crippen LogP contribution in [0.3, 0.4) is 0 Å². The molecule has 24 heteroatoms. The van der Waals surface area contributed by atoms with Crippen molar-refractivity contribution in [2.45, 2.75) is 89.6 Å². The largest absolute Gasteiger partial charge is 0.494 e. The summed E-state index contributed by atoms with van der Waals surface area (Å²) in [7, 11) is -4.83. The van der Waals surface area contributed by atoms with E-state index in [0.717, 1.165) is 0 Å². The SMILES string of the molecule is COc1cccc(OC)c1-n1c(-c2ccc(C)o2)nnc1N(CC[Si](C)(C)C)S(=O)(=O)[C@@H](C)CN.COc1cccc(OC)c1-n1c(-c2ccc(C)o2)nnc1N(CC[Si](C)(C)C)S(=O)(=O)[C@H](C)CN. The fourth-order valence-electron chi connectivity index (χ4n) is 7.05. The molecule has 0 saturated heterocycles. The van der Waals surface area contributed by atoms with Crippen molar-refractivity contribution >= 4 is 48.1 Å². The predicted octanol–water partition coefficient (Wildman–Crippen LogP) is 7.35. The molecule has 4 aromatic heterocycles. The lowest BCUT2D eigenvalue weighted by molar-refractivity contribution is 0.391. The number of anilines is 2. The molecule has 6 rings (SSSR count). The first-order valence-electron chi connectivity index (χ1n) is 22.8. The lowest BCUT2D eigenvalue weighted by atomic mass is 10.2. The van der Waals surface area contributed by atoms with Gasteiger partial charge in [0.2, 0.25) is 43.6 Å². The van der Waals surface area contributed by atoms with E-state index in [1.165, 1.54) is 37.0 Å². The van der Waals surface area contributed by atoms with Gasteiger partial charge in [0.05, 0.1) is 38.9 Å². The van der Waals surface area contributed by atoms with Gasteiger partial charge < -0.3 is 39.2 Å². The van der Waals surface area contributed by atoms with Gasteiger partial charge in [-0.3, -0.25) is 9.13 Å². The fraction of sp³-hybridized carbons (Fsp3) is 0.478. The first kappa shape index (κ1) is 55.3. The van der Waals surface area contributed by atoms with E-state index in [1.807, 2.05) is 26.0 Å².